The molecule has 0 heterocycles. The molecule has 0 aromatic heterocycles. The smallest absolute Gasteiger partial charge is 0.238 e. The average molecular weight is 524 g/mol. The molecule has 9 heteroatoms. The molecule has 7 nitrogen and oxygen atoms in total. The molecule has 1 saturated carbocycles. The normalized spacial score (nSPS) is 16.5. The Balaban J connectivity index is 0.00000392. The molecule has 0 unspecified atom stereocenters. The number of hydrogen-bond donors (Lipinski definition) is 3. The first-order valence-electron chi connectivity index (χ1n) is 9.52. The fourth-order valence-electron chi connectivity index (χ4n) is 3.55. The largest absolute Gasteiger partial charge is 0.382 e. The van der Waals surface area contributed by atoms with E-state index in [4.69, 9.17) is 9.88 Å². The maximum Gasteiger partial charge on any atom is 0.238 e. The third-order valence-corrected chi connectivity index (χ3v) is 6.14. The Bertz CT molecular complexity index is 717. The van der Waals surface area contributed by atoms with E-state index in [2.05, 4.69) is 15.6 Å². The zero-order valence-electron chi connectivity index (χ0n) is 16.7. The standard InChI is InChI=1S/C19H32N4O3S.HI/c1-3-26-13-12-19(10-4-5-11-19)15-23-18(21-2)22-14-16-6-8-17(9-7-16)27(20,24)25;/h6-9H,3-5,10-15H2,1-2H3,(H2,20,24,25)(H2,21,22,23);1H. The van der Waals surface area contributed by atoms with Gasteiger partial charge in [-0.05, 0) is 49.3 Å². The molecule has 1 aromatic rings. The van der Waals surface area contributed by atoms with Crippen LogP contribution in [0.15, 0.2) is 34.2 Å². The van der Waals surface area contributed by atoms with Gasteiger partial charge in [-0.3, -0.25) is 4.99 Å². The van der Waals surface area contributed by atoms with Gasteiger partial charge in [0.2, 0.25) is 10.0 Å². The van der Waals surface area contributed by atoms with Crippen LogP contribution in [0.2, 0.25) is 0 Å². The van der Waals surface area contributed by atoms with Crippen molar-refractivity contribution in [3.05, 3.63) is 29.8 Å². The number of guanidine groups is 1. The van der Waals surface area contributed by atoms with Gasteiger partial charge in [0, 0.05) is 33.4 Å². The highest BCUT2D eigenvalue weighted by Gasteiger charge is 2.33. The lowest BCUT2D eigenvalue weighted by Gasteiger charge is -2.30. The van der Waals surface area contributed by atoms with E-state index in [1.165, 1.54) is 37.8 Å². The van der Waals surface area contributed by atoms with Gasteiger partial charge in [-0.2, -0.15) is 0 Å². The third kappa shape index (κ3) is 7.84. The summed E-state index contributed by atoms with van der Waals surface area (Å²) in [5, 5.41) is 11.9. The van der Waals surface area contributed by atoms with Crippen LogP contribution in [-0.4, -0.2) is 41.2 Å². The minimum absolute atomic E-state index is 0. The Labute approximate surface area is 186 Å². The van der Waals surface area contributed by atoms with Crippen molar-refractivity contribution in [1.82, 2.24) is 10.6 Å². The summed E-state index contributed by atoms with van der Waals surface area (Å²) in [7, 11) is -1.91. The molecule has 4 N–H and O–H groups in total. The van der Waals surface area contributed by atoms with Crippen LogP contribution in [0.1, 0.15) is 44.6 Å². The van der Waals surface area contributed by atoms with Crippen LogP contribution in [0.5, 0.6) is 0 Å². The minimum atomic E-state index is -3.66. The minimum Gasteiger partial charge on any atom is -0.382 e. The van der Waals surface area contributed by atoms with Crippen LogP contribution in [0.3, 0.4) is 0 Å². The summed E-state index contributed by atoms with van der Waals surface area (Å²) in [5.74, 6) is 0.744. The van der Waals surface area contributed by atoms with Crippen molar-refractivity contribution in [3.8, 4) is 0 Å². The second-order valence-corrected chi connectivity index (χ2v) is 8.68. The van der Waals surface area contributed by atoms with Gasteiger partial charge in [0.05, 0.1) is 4.90 Å². The third-order valence-electron chi connectivity index (χ3n) is 5.21. The topological polar surface area (TPSA) is 106 Å². The van der Waals surface area contributed by atoms with Crippen LogP contribution in [0.25, 0.3) is 0 Å². The van der Waals surface area contributed by atoms with Gasteiger partial charge in [0.15, 0.2) is 5.96 Å². The van der Waals surface area contributed by atoms with Crippen molar-refractivity contribution >= 4 is 40.0 Å². The molecular weight excluding hydrogens is 491 g/mol. The van der Waals surface area contributed by atoms with Gasteiger partial charge >= 0.3 is 0 Å². The quantitative estimate of drug-likeness (QED) is 0.199. The molecule has 0 atom stereocenters. The summed E-state index contributed by atoms with van der Waals surface area (Å²) in [5.41, 5.74) is 1.24. The SMILES string of the molecule is CCOCCC1(CNC(=NC)NCc2ccc(S(N)(=O)=O)cc2)CCCC1.I. The molecule has 0 saturated heterocycles. The molecule has 28 heavy (non-hydrogen) atoms. The fraction of sp³-hybridized carbons (Fsp3) is 0.632. The van der Waals surface area contributed by atoms with Crippen LogP contribution < -0.4 is 15.8 Å². The van der Waals surface area contributed by atoms with Crippen LogP contribution >= 0.6 is 24.0 Å². The first-order chi connectivity index (χ1) is 12.9. The average Bonchev–Trinajstić information content (AvgIpc) is 3.11. The monoisotopic (exact) mass is 524 g/mol. The van der Waals surface area contributed by atoms with Crippen molar-refractivity contribution in [2.24, 2.45) is 15.5 Å². The Morgan fingerprint density at radius 1 is 1.21 bits per heavy atom. The highest BCUT2D eigenvalue weighted by Crippen LogP contribution is 2.40. The van der Waals surface area contributed by atoms with E-state index in [0.29, 0.717) is 6.54 Å². The number of halogens is 1. The zero-order chi connectivity index (χ0) is 19.8. The molecule has 0 amide bonds. The van der Waals surface area contributed by atoms with Crippen molar-refractivity contribution in [3.63, 3.8) is 0 Å². The number of rotatable bonds is 9. The van der Waals surface area contributed by atoms with Gasteiger partial charge in [-0.15, -0.1) is 24.0 Å². The van der Waals surface area contributed by atoms with Gasteiger partial charge in [-0.25, -0.2) is 13.6 Å². The van der Waals surface area contributed by atoms with E-state index in [1.807, 2.05) is 6.92 Å². The number of sulfonamides is 1. The maximum absolute atomic E-state index is 11.3. The van der Waals surface area contributed by atoms with E-state index in [-0.39, 0.29) is 34.3 Å². The van der Waals surface area contributed by atoms with Gasteiger partial charge in [-0.1, -0.05) is 25.0 Å². The van der Waals surface area contributed by atoms with Crippen molar-refractivity contribution in [1.29, 1.82) is 0 Å². The van der Waals surface area contributed by atoms with E-state index in [1.54, 1.807) is 19.2 Å². The van der Waals surface area contributed by atoms with Gasteiger partial charge < -0.3 is 15.4 Å². The van der Waals surface area contributed by atoms with Crippen LogP contribution in [0, 0.1) is 5.41 Å². The van der Waals surface area contributed by atoms with E-state index in [0.717, 1.165) is 37.7 Å². The highest BCUT2D eigenvalue weighted by atomic mass is 127. The summed E-state index contributed by atoms with van der Waals surface area (Å²) in [6.07, 6.45) is 6.06. The van der Waals surface area contributed by atoms with Crippen LogP contribution in [-0.2, 0) is 21.3 Å². The zero-order valence-corrected chi connectivity index (χ0v) is 19.9. The summed E-state index contributed by atoms with van der Waals surface area (Å²) in [6.45, 7) is 5.03. The molecule has 1 fully saturated rings. The number of hydrogen-bond acceptors (Lipinski definition) is 4. The van der Waals surface area contributed by atoms with Crippen molar-refractivity contribution < 1.29 is 13.2 Å². The first-order valence-corrected chi connectivity index (χ1v) is 11.1. The summed E-state index contributed by atoms with van der Waals surface area (Å²) < 4.78 is 28.2. The van der Waals surface area contributed by atoms with E-state index >= 15 is 0 Å². The number of primary sulfonamides is 1. The lowest BCUT2D eigenvalue weighted by atomic mass is 9.83. The number of nitrogens with zero attached hydrogens (tertiary/aromatic N) is 1. The van der Waals surface area contributed by atoms with E-state index < -0.39 is 10.0 Å². The van der Waals surface area contributed by atoms with E-state index in [9.17, 15) is 8.42 Å². The van der Waals surface area contributed by atoms with Crippen molar-refractivity contribution in [2.75, 3.05) is 26.8 Å². The Hall–Kier alpha value is -0.910. The Morgan fingerprint density at radius 2 is 1.86 bits per heavy atom. The van der Waals surface area contributed by atoms with Crippen LogP contribution in [0.4, 0.5) is 0 Å². The number of ether oxygens (including phenoxy) is 1. The lowest BCUT2D eigenvalue weighted by Crippen LogP contribution is -2.43. The Morgan fingerprint density at radius 3 is 2.39 bits per heavy atom. The van der Waals surface area contributed by atoms with Crippen molar-refractivity contribution in [2.45, 2.75) is 50.5 Å². The maximum atomic E-state index is 11.3. The van der Waals surface area contributed by atoms with Gasteiger partial charge in [0.25, 0.3) is 0 Å². The molecule has 0 aliphatic heterocycles. The summed E-state index contributed by atoms with van der Waals surface area (Å²) in [4.78, 5) is 4.41. The number of aliphatic imine (C=N–C) groups is 1. The number of nitrogens with two attached hydrogens (primary N) is 1. The molecule has 0 radical (unpaired) electrons. The second kappa shape index (κ2) is 11.9. The fourth-order valence-corrected chi connectivity index (χ4v) is 4.06. The first kappa shape index (κ1) is 25.1. The summed E-state index contributed by atoms with van der Waals surface area (Å²) >= 11 is 0. The molecule has 0 bridgehead atoms. The van der Waals surface area contributed by atoms with Gasteiger partial charge in [0.1, 0.15) is 0 Å². The summed E-state index contributed by atoms with van der Waals surface area (Å²) in [6, 6.07) is 6.54. The molecule has 2 rings (SSSR count). The molecule has 1 aromatic carbocycles. The Kier molecular flexibility index (Phi) is 10.7. The molecule has 1 aliphatic rings. The number of benzene rings is 1. The second-order valence-electron chi connectivity index (χ2n) is 7.12. The predicted octanol–water partition coefficient (Wildman–Crippen LogP) is 2.60. The lowest BCUT2D eigenvalue weighted by molar-refractivity contribution is 0.105. The molecule has 1 aliphatic carbocycles. The molecular formula is C19H33IN4O3S. The predicted molar refractivity (Wildman–Crippen MR) is 123 cm³/mol. The molecule has 160 valence electrons. The molecule has 0 spiro atoms. The number of nitrogens with one attached hydrogen (secondary N) is 2. The highest BCUT2D eigenvalue weighted by molar-refractivity contribution is 14.0.